The van der Waals surface area contributed by atoms with Crippen LogP contribution in [0.2, 0.25) is 0 Å². The van der Waals surface area contributed by atoms with E-state index in [1.807, 2.05) is 30.3 Å². The van der Waals surface area contributed by atoms with Gasteiger partial charge in [0, 0.05) is 30.0 Å². The van der Waals surface area contributed by atoms with Crippen molar-refractivity contribution in [1.82, 2.24) is 5.32 Å². The summed E-state index contributed by atoms with van der Waals surface area (Å²) >= 11 is 0. The molecule has 2 atom stereocenters. The van der Waals surface area contributed by atoms with Crippen LogP contribution in [-0.2, 0) is 9.59 Å². The number of hydrogen-bond donors (Lipinski definition) is 1. The summed E-state index contributed by atoms with van der Waals surface area (Å²) in [6.45, 7) is 0. The maximum absolute atomic E-state index is 13.5. The van der Waals surface area contributed by atoms with Crippen molar-refractivity contribution in [3.05, 3.63) is 52.7 Å². The third-order valence-electron chi connectivity index (χ3n) is 6.50. The summed E-state index contributed by atoms with van der Waals surface area (Å²) in [5, 5.41) is 2.96. The van der Waals surface area contributed by atoms with Gasteiger partial charge in [0.2, 0.25) is 11.7 Å². The first-order valence-corrected chi connectivity index (χ1v) is 11.0. The summed E-state index contributed by atoms with van der Waals surface area (Å²) in [5.41, 5.74) is 3.05. The van der Waals surface area contributed by atoms with Crippen LogP contribution >= 0.6 is 0 Å². The van der Waals surface area contributed by atoms with Gasteiger partial charge in [0.05, 0.1) is 35.5 Å². The lowest BCUT2D eigenvalue weighted by Crippen LogP contribution is -2.38. The highest BCUT2D eigenvalue weighted by molar-refractivity contribution is 6.02. The molecule has 0 unspecified atom stereocenters. The number of allylic oxidation sites excluding steroid dienone is 2. The molecule has 0 bridgehead atoms. The molecule has 0 saturated carbocycles. The highest BCUT2D eigenvalue weighted by Gasteiger charge is 2.39. The number of benzene rings is 2. The summed E-state index contributed by atoms with van der Waals surface area (Å²) in [6, 6.07) is 9.28. The first-order chi connectivity index (χ1) is 16.4. The van der Waals surface area contributed by atoms with E-state index in [1.165, 1.54) is 7.11 Å². The van der Waals surface area contributed by atoms with E-state index in [9.17, 15) is 9.59 Å². The Morgan fingerprint density at radius 2 is 1.32 bits per heavy atom. The fraction of sp³-hybridized carbons (Fsp3) is 0.385. The summed E-state index contributed by atoms with van der Waals surface area (Å²) in [4.78, 5) is 26.1. The first kappa shape index (κ1) is 23.5. The molecule has 0 spiro atoms. The average Bonchev–Trinajstić information content (AvgIpc) is 2.86. The second-order valence-corrected chi connectivity index (χ2v) is 8.30. The molecule has 1 aliphatic carbocycles. The predicted octanol–water partition coefficient (Wildman–Crippen LogP) is 3.73. The number of nitrogens with one attached hydrogen (secondary N) is 1. The van der Waals surface area contributed by atoms with E-state index in [4.69, 9.17) is 23.7 Å². The predicted molar refractivity (Wildman–Crippen MR) is 125 cm³/mol. The van der Waals surface area contributed by atoms with Crippen molar-refractivity contribution in [3.8, 4) is 28.7 Å². The lowest BCUT2D eigenvalue weighted by atomic mass is 9.73. The number of methoxy groups -OCH3 is 5. The van der Waals surface area contributed by atoms with Crippen molar-refractivity contribution in [2.45, 2.75) is 31.1 Å². The van der Waals surface area contributed by atoms with Crippen LogP contribution in [0.5, 0.6) is 28.7 Å². The van der Waals surface area contributed by atoms with Gasteiger partial charge in [-0.15, -0.1) is 0 Å². The van der Waals surface area contributed by atoms with Gasteiger partial charge in [0.1, 0.15) is 0 Å². The topological polar surface area (TPSA) is 92.3 Å². The number of rotatable bonds is 7. The van der Waals surface area contributed by atoms with Crippen LogP contribution in [0.1, 0.15) is 42.2 Å². The molecule has 0 aromatic heterocycles. The molecular weight excluding hydrogens is 438 g/mol. The zero-order valence-corrected chi connectivity index (χ0v) is 20.0. The van der Waals surface area contributed by atoms with E-state index in [1.54, 1.807) is 28.4 Å². The zero-order valence-electron chi connectivity index (χ0n) is 20.0. The average molecular weight is 468 g/mol. The SMILES string of the molecule is COc1ccc([C@@H]2CC(=O)C3=C(C2)NC(=O)C[C@H]3c2cc(OC)c(OC)c(OC)c2)cc1OC. The van der Waals surface area contributed by atoms with Crippen molar-refractivity contribution >= 4 is 11.7 Å². The Labute approximate surface area is 198 Å². The second kappa shape index (κ2) is 9.67. The fourth-order valence-electron chi connectivity index (χ4n) is 4.89. The van der Waals surface area contributed by atoms with Gasteiger partial charge in [-0.05, 0) is 47.7 Å². The van der Waals surface area contributed by atoms with Gasteiger partial charge < -0.3 is 29.0 Å². The molecule has 2 aliphatic rings. The summed E-state index contributed by atoms with van der Waals surface area (Å²) < 4.78 is 27.2. The highest BCUT2D eigenvalue weighted by Crippen LogP contribution is 2.47. The first-order valence-electron chi connectivity index (χ1n) is 11.0. The van der Waals surface area contributed by atoms with Crippen LogP contribution in [0.25, 0.3) is 0 Å². The number of amides is 1. The number of ether oxygens (including phenoxy) is 5. The quantitative estimate of drug-likeness (QED) is 0.663. The molecule has 34 heavy (non-hydrogen) atoms. The normalized spacial score (nSPS) is 19.8. The van der Waals surface area contributed by atoms with Gasteiger partial charge in [-0.3, -0.25) is 9.59 Å². The highest BCUT2D eigenvalue weighted by atomic mass is 16.5. The maximum atomic E-state index is 13.5. The minimum absolute atomic E-state index is 0.0137. The van der Waals surface area contributed by atoms with Crippen molar-refractivity contribution in [2.75, 3.05) is 35.5 Å². The van der Waals surface area contributed by atoms with Crippen LogP contribution in [0, 0.1) is 0 Å². The van der Waals surface area contributed by atoms with Gasteiger partial charge in [0.25, 0.3) is 0 Å². The van der Waals surface area contributed by atoms with E-state index in [-0.39, 0.29) is 24.0 Å². The minimum Gasteiger partial charge on any atom is -0.493 e. The number of carbonyl (C=O) groups excluding carboxylic acids is 2. The molecule has 1 heterocycles. The lowest BCUT2D eigenvalue weighted by Gasteiger charge is -2.35. The van der Waals surface area contributed by atoms with Gasteiger partial charge in [0.15, 0.2) is 28.8 Å². The monoisotopic (exact) mass is 467 g/mol. The van der Waals surface area contributed by atoms with Crippen molar-refractivity contribution in [2.24, 2.45) is 0 Å². The van der Waals surface area contributed by atoms with Crippen molar-refractivity contribution < 1.29 is 33.3 Å². The lowest BCUT2D eigenvalue weighted by molar-refractivity contribution is -0.122. The van der Waals surface area contributed by atoms with E-state index >= 15 is 0 Å². The largest absolute Gasteiger partial charge is 0.493 e. The Kier molecular flexibility index (Phi) is 6.68. The third kappa shape index (κ3) is 4.16. The molecule has 1 amide bonds. The van der Waals surface area contributed by atoms with E-state index < -0.39 is 5.92 Å². The summed E-state index contributed by atoms with van der Waals surface area (Å²) in [7, 11) is 7.78. The van der Waals surface area contributed by atoms with Crippen LogP contribution in [0.4, 0.5) is 0 Å². The molecule has 0 radical (unpaired) electrons. The molecule has 2 aromatic carbocycles. The van der Waals surface area contributed by atoms with Gasteiger partial charge in [-0.25, -0.2) is 0 Å². The molecule has 1 N–H and O–H groups in total. The van der Waals surface area contributed by atoms with Crippen LogP contribution in [0.15, 0.2) is 41.6 Å². The molecule has 8 heteroatoms. The Morgan fingerprint density at radius 1 is 0.706 bits per heavy atom. The van der Waals surface area contributed by atoms with E-state index in [0.717, 1.165) is 11.1 Å². The molecule has 4 rings (SSSR count). The fourth-order valence-corrected chi connectivity index (χ4v) is 4.89. The molecule has 2 aromatic rings. The Bertz CT molecular complexity index is 1130. The van der Waals surface area contributed by atoms with E-state index in [0.29, 0.717) is 52.9 Å². The minimum atomic E-state index is -0.392. The molecular formula is C26H29NO7. The molecule has 1 aliphatic heterocycles. The number of Topliss-reactive ketones (excluding diaryl/α,β-unsaturated/α-hetero) is 1. The smallest absolute Gasteiger partial charge is 0.225 e. The van der Waals surface area contributed by atoms with Gasteiger partial charge in [-0.2, -0.15) is 0 Å². The third-order valence-corrected chi connectivity index (χ3v) is 6.50. The zero-order chi connectivity index (χ0) is 24.4. The number of hydrogen-bond acceptors (Lipinski definition) is 7. The van der Waals surface area contributed by atoms with Crippen LogP contribution < -0.4 is 29.0 Å². The summed E-state index contributed by atoms with van der Waals surface area (Å²) in [5.74, 6) is 2.08. The maximum Gasteiger partial charge on any atom is 0.225 e. The van der Waals surface area contributed by atoms with E-state index in [2.05, 4.69) is 5.32 Å². The standard InChI is InChI=1S/C26H29NO7/c1-30-20-7-6-14(10-21(20)31-2)15-8-18-25(19(28)9-15)17(13-24(29)27-18)16-11-22(32-3)26(34-5)23(12-16)33-4/h6-7,10-12,15,17H,8-9,13H2,1-5H3,(H,27,29)/t15-,17-/m0/s1. The molecule has 0 saturated heterocycles. The van der Waals surface area contributed by atoms with Crippen LogP contribution in [-0.4, -0.2) is 47.2 Å². The second-order valence-electron chi connectivity index (χ2n) is 8.30. The van der Waals surface area contributed by atoms with Crippen molar-refractivity contribution in [1.29, 1.82) is 0 Å². The van der Waals surface area contributed by atoms with Crippen LogP contribution in [0.3, 0.4) is 0 Å². The Hall–Kier alpha value is -3.68. The Morgan fingerprint density at radius 3 is 1.91 bits per heavy atom. The van der Waals surface area contributed by atoms with Crippen molar-refractivity contribution in [3.63, 3.8) is 0 Å². The molecule has 180 valence electrons. The number of ketones is 1. The number of carbonyl (C=O) groups is 2. The van der Waals surface area contributed by atoms with Gasteiger partial charge >= 0.3 is 0 Å². The molecule has 0 fully saturated rings. The molecule has 8 nitrogen and oxygen atoms in total. The Balaban J connectivity index is 1.73. The summed E-state index contributed by atoms with van der Waals surface area (Å²) in [6.07, 6.45) is 1.05. The van der Waals surface area contributed by atoms with Gasteiger partial charge in [-0.1, -0.05) is 6.07 Å².